The fourth-order valence-corrected chi connectivity index (χ4v) is 1.38. The Hall–Kier alpha value is -2.05. The van der Waals surface area contributed by atoms with Crippen molar-refractivity contribution in [3.8, 4) is 0 Å². The lowest BCUT2D eigenvalue weighted by molar-refractivity contribution is -0.141. The molecule has 0 fully saturated rings. The number of carbonyl (C=O) groups excluding carboxylic acids is 1. The maximum atomic E-state index is 11.6. The number of carbonyl (C=O) groups is 2. The van der Waals surface area contributed by atoms with E-state index in [0.717, 1.165) is 10.7 Å². The number of likely N-dealkylation sites (N-methyl/N-ethyl adjacent to an activating group) is 1. The molecule has 1 aromatic rings. The molecule has 2 N–H and O–H groups in total. The summed E-state index contributed by atoms with van der Waals surface area (Å²) in [6.07, 6.45) is 4.12. The normalized spacial score (nSPS) is 11.9. The Labute approximate surface area is 105 Å². The Kier molecular flexibility index (Phi) is 4.70. The molecule has 0 aromatic carbocycles. The predicted molar refractivity (Wildman–Crippen MR) is 65.2 cm³/mol. The summed E-state index contributed by atoms with van der Waals surface area (Å²) in [5, 5.41) is 11.4. The quantitative estimate of drug-likeness (QED) is 0.778. The van der Waals surface area contributed by atoms with Crippen LogP contribution in [0.1, 0.15) is 12.7 Å². The number of hydrogen-bond acceptors (Lipinski definition) is 3. The summed E-state index contributed by atoms with van der Waals surface area (Å²) in [5.41, 5.74) is 0. The highest BCUT2D eigenvalue weighted by Gasteiger charge is 2.21. The molecule has 1 rings (SSSR count). The van der Waals surface area contributed by atoms with E-state index in [4.69, 9.17) is 5.11 Å². The van der Waals surface area contributed by atoms with Crippen molar-refractivity contribution in [2.24, 2.45) is 7.05 Å². The van der Waals surface area contributed by atoms with E-state index < -0.39 is 18.0 Å². The average molecular weight is 254 g/mol. The Balaban J connectivity index is 2.38. The van der Waals surface area contributed by atoms with Crippen LogP contribution < -0.4 is 5.32 Å². The minimum absolute atomic E-state index is 0.404. The van der Waals surface area contributed by atoms with Crippen LogP contribution in [0.2, 0.25) is 0 Å². The second kappa shape index (κ2) is 6.04. The van der Waals surface area contributed by atoms with E-state index in [-0.39, 0.29) is 0 Å². The van der Waals surface area contributed by atoms with Crippen molar-refractivity contribution in [3.63, 3.8) is 0 Å². The number of urea groups is 1. The van der Waals surface area contributed by atoms with Gasteiger partial charge < -0.3 is 19.9 Å². The van der Waals surface area contributed by atoms with Crippen LogP contribution in [0.5, 0.6) is 0 Å². The van der Waals surface area contributed by atoms with Gasteiger partial charge in [0.25, 0.3) is 0 Å². The summed E-state index contributed by atoms with van der Waals surface area (Å²) in [7, 11) is 3.33. The molecule has 0 saturated heterocycles. The number of hydrogen-bond donors (Lipinski definition) is 2. The number of carboxylic acids is 1. The number of aliphatic carboxylic acids is 1. The standard InChI is InChI=1S/C11H18N4O3/c1-8(10(16)17)15(3)11(18)13-5-4-9-12-6-7-14(9)2/h6-8H,4-5H2,1-3H3,(H,13,18)(H,16,17). The number of amides is 2. The molecule has 1 unspecified atom stereocenters. The van der Waals surface area contributed by atoms with Crippen LogP contribution in [0.4, 0.5) is 4.79 Å². The van der Waals surface area contributed by atoms with Crippen molar-refractivity contribution in [2.45, 2.75) is 19.4 Å². The fourth-order valence-electron chi connectivity index (χ4n) is 1.38. The average Bonchev–Trinajstić information content (AvgIpc) is 2.73. The van der Waals surface area contributed by atoms with Gasteiger partial charge in [-0.2, -0.15) is 0 Å². The molecule has 7 heteroatoms. The third-order valence-corrected chi connectivity index (χ3v) is 2.80. The minimum atomic E-state index is -1.03. The lowest BCUT2D eigenvalue weighted by Gasteiger charge is -2.21. The zero-order valence-electron chi connectivity index (χ0n) is 10.8. The van der Waals surface area contributed by atoms with Crippen LogP contribution in [0.3, 0.4) is 0 Å². The zero-order valence-corrected chi connectivity index (χ0v) is 10.8. The van der Waals surface area contributed by atoms with E-state index in [1.165, 1.54) is 14.0 Å². The van der Waals surface area contributed by atoms with E-state index in [1.807, 2.05) is 17.8 Å². The highest BCUT2D eigenvalue weighted by atomic mass is 16.4. The van der Waals surface area contributed by atoms with Crippen molar-refractivity contribution >= 4 is 12.0 Å². The van der Waals surface area contributed by atoms with Gasteiger partial charge in [-0.15, -0.1) is 0 Å². The summed E-state index contributed by atoms with van der Waals surface area (Å²) < 4.78 is 1.87. The number of nitrogens with one attached hydrogen (secondary N) is 1. The molecule has 7 nitrogen and oxygen atoms in total. The monoisotopic (exact) mass is 254 g/mol. The fraction of sp³-hybridized carbons (Fsp3) is 0.545. The lowest BCUT2D eigenvalue weighted by atomic mass is 10.3. The first-order valence-corrected chi connectivity index (χ1v) is 5.63. The van der Waals surface area contributed by atoms with Gasteiger partial charge in [-0.1, -0.05) is 0 Å². The van der Waals surface area contributed by atoms with Crippen LogP contribution in [0, 0.1) is 0 Å². The first-order valence-electron chi connectivity index (χ1n) is 5.63. The van der Waals surface area contributed by atoms with Crippen LogP contribution in [-0.4, -0.2) is 51.2 Å². The summed E-state index contributed by atoms with van der Waals surface area (Å²) in [6.45, 7) is 1.88. The second-order valence-corrected chi connectivity index (χ2v) is 4.06. The molecule has 0 aliphatic heterocycles. The summed E-state index contributed by atoms with van der Waals surface area (Å²) >= 11 is 0. The molecule has 1 atom stereocenters. The van der Waals surface area contributed by atoms with Crippen molar-refractivity contribution in [2.75, 3.05) is 13.6 Å². The van der Waals surface area contributed by atoms with Gasteiger partial charge in [-0.05, 0) is 6.92 Å². The van der Waals surface area contributed by atoms with Gasteiger partial charge in [-0.3, -0.25) is 0 Å². The highest BCUT2D eigenvalue weighted by Crippen LogP contribution is 1.97. The predicted octanol–water partition coefficient (Wildman–Crippen LogP) is 0.0771. The first-order chi connectivity index (χ1) is 8.43. The molecule has 0 bridgehead atoms. The molecule has 0 saturated carbocycles. The summed E-state index contributed by atoms with van der Waals surface area (Å²) in [4.78, 5) is 27.6. The van der Waals surface area contributed by atoms with Gasteiger partial charge in [0.05, 0.1) is 0 Å². The highest BCUT2D eigenvalue weighted by molar-refractivity contribution is 5.82. The van der Waals surface area contributed by atoms with E-state index >= 15 is 0 Å². The maximum absolute atomic E-state index is 11.6. The van der Waals surface area contributed by atoms with Gasteiger partial charge >= 0.3 is 12.0 Å². The van der Waals surface area contributed by atoms with E-state index in [9.17, 15) is 9.59 Å². The van der Waals surface area contributed by atoms with Crippen molar-refractivity contribution in [3.05, 3.63) is 18.2 Å². The molecule has 2 amide bonds. The first kappa shape index (κ1) is 14.0. The van der Waals surface area contributed by atoms with Crippen molar-refractivity contribution < 1.29 is 14.7 Å². The number of carboxylic acid groups (broad SMARTS) is 1. The van der Waals surface area contributed by atoms with Crippen LogP contribution in [0.25, 0.3) is 0 Å². The zero-order chi connectivity index (χ0) is 13.7. The van der Waals surface area contributed by atoms with Crippen LogP contribution >= 0.6 is 0 Å². The molecular formula is C11H18N4O3. The van der Waals surface area contributed by atoms with Gasteiger partial charge in [0.2, 0.25) is 0 Å². The smallest absolute Gasteiger partial charge is 0.326 e. The molecule has 0 spiro atoms. The third-order valence-electron chi connectivity index (χ3n) is 2.80. The summed E-state index contributed by atoms with van der Waals surface area (Å²) in [6, 6.07) is -1.25. The number of imidazole rings is 1. The second-order valence-electron chi connectivity index (χ2n) is 4.06. The van der Waals surface area contributed by atoms with Gasteiger partial charge in [0.1, 0.15) is 11.9 Å². The Morgan fingerprint density at radius 1 is 1.61 bits per heavy atom. The molecule has 1 heterocycles. The van der Waals surface area contributed by atoms with E-state index in [2.05, 4.69) is 10.3 Å². The molecule has 0 aliphatic rings. The van der Waals surface area contributed by atoms with Gasteiger partial charge in [-0.25, -0.2) is 14.6 Å². The van der Waals surface area contributed by atoms with Gasteiger partial charge in [0, 0.05) is 39.5 Å². The SMILES string of the molecule is CC(C(=O)O)N(C)C(=O)NCCc1nccn1C. The number of aryl methyl sites for hydroxylation is 1. The molecule has 18 heavy (non-hydrogen) atoms. The van der Waals surface area contributed by atoms with Gasteiger partial charge in [0.15, 0.2) is 0 Å². The Morgan fingerprint density at radius 2 is 2.28 bits per heavy atom. The minimum Gasteiger partial charge on any atom is -0.480 e. The van der Waals surface area contributed by atoms with Crippen LogP contribution in [0.15, 0.2) is 12.4 Å². The largest absolute Gasteiger partial charge is 0.480 e. The molecule has 0 radical (unpaired) electrons. The summed E-state index contributed by atoms with van der Waals surface area (Å²) in [5.74, 6) is -0.166. The molecule has 100 valence electrons. The topological polar surface area (TPSA) is 87.5 Å². The Bertz CT molecular complexity index is 430. The van der Waals surface area contributed by atoms with E-state index in [0.29, 0.717) is 13.0 Å². The number of aromatic nitrogens is 2. The molecule has 0 aliphatic carbocycles. The molecular weight excluding hydrogens is 236 g/mol. The van der Waals surface area contributed by atoms with Crippen molar-refractivity contribution in [1.29, 1.82) is 0 Å². The third kappa shape index (κ3) is 3.47. The number of nitrogens with zero attached hydrogens (tertiary/aromatic N) is 3. The number of rotatable bonds is 5. The Morgan fingerprint density at radius 3 is 2.78 bits per heavy atom. The van der Waals surface area contributed by atoms with Crippen LogP contribution in [-0.2, 0) is 18.3 Å². The van der Waals surface area contributed by atoms with E-state index in [1.54, 1.807) is 6.20 Å². The maximum Gasteiger partial charge on any atom is 0.326 e. The van der Waals surface area contributed by atoms with Crippen molar-refractivity contribution in [1.82, 2.24) is 19.8 Å². The lowest BCUT2D eigenvalue weighted by Crippen LogP contribution is -2.46. The molecule has 1 aromatic heterocycles.